The van der Waals surface area contributed by atoms with E-state index in [1.165, 1.54) is 0 Å². The number of hydrogen-bond acceptors (Lipinski definition) is 4. The largest absolute Gasteiger partial charge is 0.481 e. The molecule has 0 spiro atoms. The van der Waals surface area contributed by atoms with Crippen LogP contribution in [0.1, 0.15) is 38.8 Å². The fourth-order valence-electron chi connectivity index (χ4n) is 1.65. The molecule has 4 N–H and O–H groups in total. The number of hydrogen-bond donors (Lipinski definition) is 3. The number of carboxylic acid groups (broad SMARTS) is 1. The van der Waals surface area contributed by atoms with E-state index in [2.05, 4.69) is 5.32 Å². The maximum absolute atomic E-state index is 11.8. The van der Waals surface area contributed by atoms with Crippen molar-refractivity contribution in [2.24, 2.45) is 0 Å². The van der Waals surface area contributed by atoms with Gasteiger partial charge in [-0.2, -0.15) is 0 Å². The molecule has 0 aliphatic rings. The van der Waals surface area contributed by atoms with Crippen LogP contribution in [-0.4, -0.2) is 22.8 Å². The fraction of sp³-hybridized carbons (Fsp3) is 0.429. The normalized spacial score (nSPS) is 12.6. The molecule has 1 amide bonds. The monoisotopic (exact) mass is 280 g/mol. The molecule has 1 rings (SSSR count). The Morgan fingerprint density at radius 2 is 2.05 bits per heavy atom. The van der Waals surface area contributed by atoms with Gasteiger partial charge < -0.3 is 20.9 Å². The van der Waals surface area contributed by atoms with Crippen molar-refractivity contribution in [3.63, 3.8) is 0 Å². The number of nitrogens with one attached hydrogen (secondary N) is 1. The zero-order chi connectivity index (χ0) is 15.3. The summed E-state index contributed by atoms with van der Waals surface area (Å²) in [6, 6.07) is 6.04. The van der Waals surface area contributed by atoms with E-state index in [0.717, 1.165) is 0 Å². The number of nitrogen functional groups attached to an aromatic ring is 1. The second-order valence-corrected chi connectivity index (χ2v) is 5.47. The molecule has 20 heavy (non-hydrogen) atoms. The number of carbonyl (C=O) groups is 2. The first-order chi connectivity index (χ1) is 9.17. The minimum Gasteiger partial charge on any atom is -0.481 e. The van der Waals surface area contributed by atoms with Gasteiger partial charge in [-0.1, -0.05) is 12.1 Å². The SMILES string of the molecule is CC(C)(C)OC(=O)N[C@H](CC(=O)O)c1cccc(N)c1. The van der Waals surface area contributed by atoms with Crippen molar-refractivity contribution in [2.45, 2.75) is 38.8 Å². The molecular formula is C14H20N2O4. The first kappa shape index (κ1) is 15.8. The third-order valence-electron chi connectivity index (χ3n) is 2.38. The highest BCUT2D eigenvalue weighted by atomic mass is 16.6. The standard InChI is InChI=1S/C14H20N2O4/c1-14(2,3)20-13(19)16-11(8-12(17)18)9-5-4-6-10(15)7-9/h4-7,11H,8,15H2,1-3H3,(H,16,19)(H,17,18)/t11-/m1/s1. The van der Waals surface area contributed by atoms with Crippen LogP contribution in [0.15, 0.2) is 24.3 Å². The van der Waals surface area contributed by atoms with Crippen molar-refractivity contribution in [1.29, 1.82) is 0 Å². The molecule has 0 fully saturated rings. The summed E-state index contributed by atoms with van der Waals surface area (Å²) in [7, 11) is 0. The number of nitrogens with two attached hydrogens (primary N) is 1. The zero-order valence-electron chi connectivity index (χ0n) is 11.8. The highest BCUT2D eigenvalue weighted by Gasteiger charge is 2.22. The predicted octanol–water partition coefficient (Wildman–Crippen LogP) is 2.31. The molecule has 0 aromatic heterocycles. The summed E-state index contributed by atoms with van der Waals surface area (Å²) in [6.07, 6.45) is -0.908. The summed E-state index contributed by atoms with van der Waals surface area (Å²) in [5.41, 5.74) is 6.15. The van der Waals surface area contributed by atoms with Crippen LogP contribution < -0.4 is 11.1 Å². The molecule has 6 heteroatoms. The summed E-state index contributed by atoms with van der Waals surface area (Å²) in [5.74, 6) is -1.02. The predicted molar refractivity (Wildman–Crippen MR) is 75.2 cm³/mol. The van der Waals surface area contributed by atoms with Crippen LogP contribution in [0.5, 0.6) is 0 Å². The van der Waals surface area contributed by atoms with Crippen LogP contribution in [-0.2, 0) is 9.53 Å². The van der Waals surface area contributed by atoms with Crippen LogP contribution >= 0.6 is 0 Å². The van der Waals surface area contributed by atoms with Gasteiger partial charge in [0, 0.05) is 5.69 Å². The summed E-state index contributed by atoms with van der Waals surface area (Å²) in [5, 5.41) is 11.5. The zero-order valence-corrected chi connectivity index (χ0v) is 11.8. The Morgan fingerprint density at radius 3 is 2.55 bits per heavy atom. The van der Waals surface area contributed by atoms with E-state index in [0.29, 0.717) is 11.3 Å². The van der Waals surface area contributed by atoms with Crippen LogP contribution in [0.2, 0.25) is 0 Å². The lowest BCUT2D eigenvalue weighted by Crippen LogP contribution is -2.35. The second-order valence-electron chi connectivity index (χ2n) is 5.47. The number of rotatable bonds is 4. The second kappa shape index (κ2) is 6.27. The Labute approximate surface area is 117 Å². The number of amides is 1. The van der Waals surface area contributed by atoms with Gasteiger partial charge in [-0.05, 0) is 38.5 Å². The first-order valence-electron chi connectivity index (χ1n) is 6.24. The van der Waals surface area contributed by atoms with Gasteiger partial charge in [0.1, 0.15) is 5.60 Å². The van der Waals surface area contributed by atoms with Crippen LogP contribution in [0, 0.1) is 0 Å². The quantitative estimate of drug-likeness (QED) is 0.734. The summed E-state index contributed by atoms with van der Waals surface area (Å²) in [4.78, 5) is 22.7. The van der Waals surface area contributed by atoms with Crippen LogP contribution in [0.4, 0.5) is 10.5 Å². The molecule has 110 valence electrons. The number of benzene rings is 1. The summed E-state index contributed by atoms with van der Waals surface area (Å²) in [6.45, 7) is 5.21. The minimum atomic E-state index is -1.02. The van der Waals surface area contributed by atoms with Gasteiger partial charge in [-0.25, -0.2) is 4.79 Å². The van der Waals surface area contributed by atoms with Gasteiger partial charge in [0.05, 0.1) is 12.5 Å². The van der Waals surface area contributed by atoms with E-state index in [1.54, 1.807) is 45.0 Å². The van der Waals surface area contributed by atoms with E-state index in [9.17, 15) is 9.59 Å². The molecule has 0 heterocycles. The molecule has 1 aromatic rings. The Morgan fingerprint density at radius 1 is 1.40 bits per heavy atom. The third-order valence-corrected chi connectivity index (χ3v) is 2.38. The van der Waals surface area contributed by atoms with Crippen LogP contribution in [0.25, 0.3) is 0 Å². The fourth-order valence-corrected chi connectivity index (χ4v) is 1.65. The smallest absolute Gasteiger partial charge is 0.408 e. The molecule has 0 bridgehead atoms. The van der Waals surface area contributed by atoms with Crippen molar-refractivity contribution < 1.29 is 19.4 Å². The molecule has 1 atom stereocenters. The highest BCUT2D eigenvalue weighted by Crippen LogP contribution is 2.20. The average molecular weight is 280 g/mol. The molecule has 0 saturated heterocycles. The minimum absolute atomic E-state index is 0.247. The molecule has 0 aliphatic heterocycles. The van der Waals surface area contributed by atoms with E-state index in [1.807, 2.05) is 0 Å². The van der Waals surface area contributed by atoms with Crippen molar-refractivity contribution in [3.8, 4) is 0 Å². The lowest BCUT2D eigenvalue weighted by molar-refractivity contribution is -0.137. The first-order valence-corrected chi connectivity index (χ1v) is 6.24. The van der Waals surface area contributed by atoms with E-state index in [4.69, 9.17) is 15.6 Å². The maximum Gasteiger partial charge on any atom is 0.408 e. The number of ether oxygens (including phenoxy) is 1. The van der Waals surface area contributed by atoms with Gasteiger partial charge in [-0.3, -0.25) is 4.79 Å². The van der Waals surface area contributed by atoms with Crippen molar-refractivity contribution >= 4 is 17.7 Å². The average Bonchev–Trinajstić information content (AvgIpc) is 2.24. The lowest BCUT2D eigenvalue weighted by atomic mass is 10.0. The Bertz CT molecular complexity index is 494. The van der Waals surface area contributed by atoms with E-state index >= 15 is 0 Å². The van der Waals surface area contributed by atoms with Crippen LogP contribution in [0.3, 0.4) is 0 Å². The molecule has 0 saturated carbocycles. The van der Waals surface area contributed by atoms with E-state index in [-0.39, 0.29) is 6.42 Å². The van der Waals surface area contributed by atoms with Gasteiger partial charge in [-0.15, -0.1) is 0 Å². The van der Waals surface area contributed by atoms with Gasteiger partial charge in [0.15, 0.2) is 0 Å². The third kappa shape index (κ3) is 5.60. The van der Waals surface area contributed by atoms with Crippen molar-refractivity contribution in [1.82, 2.24) is 5.32 Å². The molecular weight excluding hydrogens is 260 g/mol. The Hall–Kier alpha value is -2.24. The lowest BCUT2D eigenvalue weighted by Gasteiger charge is -2.23. The number of anilines is 1. The molecule has 0 radical (unpaired) electrons. The van der Waals surface area contributed by atoms with Gasteiger partial charge in [0.25, 0.3) is 0 Å². The van der Waals surface area contributed by atoms with Gasteiger partial charge in [0.2, 0.25) is 0 Å². The molecule has 0 aliphatic carbocycles. The number of aliphatic carboxylic acids is 1. The molecule has 1 aromatic carbocycles. The molecule has 6 nitrogen and oxygen atoms in total. The maximum atomic E-state index is 11.8. The van der Waals surface area contributed by atoms with Gasteiger partial charge >= 0.3 is 12.1 Å². The van der Waals surface area contributed by atoms with Crippen molar-refractivity contribution in [2.75, 3.05) is 5.73 Å². The number of alkyl carbamates (subject to hydrolysis) is 1. The number of carbonyl (C=O) groups excluding carboxylic acids is 1. The summed E-state index contributed by atoms with van der Waals surface area (Å²) >= 11 is 0. The van der Waals surface area contributed by atoms with Crippen molar-refractivity contribution in [3.05, 3.63) is 29.8 Å². The Kier molecular flexibility index (Phi) is 4.96. The number of carboxylic acids is 1. The topological polar surface area (TPSA) is 102 Å². The summed E-state index contributed by atoms with van der Waals surface area (Å²) < 4.78 is 5.13. The van der Waals surface area contributed by atoms with E-state index < -0.39 is 23.7 Å². The highest BCUT2D eigenvalue weighted by molar-refractivity contribution is 5.72. The molecule has 0 unspecified atom stereocenters. The Balaban J connectivity index is 2.85.